The van der Waals surface area contributed by atoms with Crippen molar-refractivity contribution in [1.29, 1.82) is 5.26 Å². The van der Waals surface area contributed by atoms with Crippen LogP contribution in [-0.4, -0.2) is 15.5 Å². The maximum absolute atomic E-state index is 12.3. The quantitative estimate of drug-likeness (QED) is 0.622. The van der Waals surface area contributed by atoms with Crippen molar-refractivity contribution in [2.45, 2.75) is 4.90 Å². The van der Waals surface area contributed by atoms with E-state index in [9.17, 15) is 8.42 Å². The molecule has 0 radical (unpaired) electrons. The highest BCUT2D eigenvalue weighted by Gasteiger charge is 2.19. The van der Waals surface area contributed by atoms with Crippen LogP contribution in [0.25, 0.3) is 6.08 Å². The molecule has 23 heavy (non-hydrogen) atoms. The summed E-state index contributed by atoms with van der Waals surface area (Å²) in [6.45, 7) is 0. The Morgan fingerprint density at radius 3 is 2.30 bits per heavy atom. The van der Waals surface area contributed by atoms with Gasteiger partial charge in [0.15, 0.2) is 0 Å². The molecule has 2 aromatic carbocycles. The van der Waals surface area contributed by atoms with Gasteiger partial charge in [-0.05, 0) is 35.9 Å². The van der Waals surface area contributed by atoms with Crippen molar-refractivity contribution >= 4 is 15.9 Å². The van der Waals surface area contributed by atoms with E-state index in [-0.39, 0.29) is 9.80 Å². The number of ether oxygens (including phenoxy) is 1. The lowest BCUT2D eigenvalue weighted by Crippen LogP contribution is -2.02. The van der Waals surface area contributed by atoms with Gasteiger partial charge in [0.05, 0.1) is 12.0 Å². The SMILES string of the molecule is COc1ccc(/C=C/C=C(/C#N)S(=O)(=O)c2ccccc2)cc1. The van der Waals surface area contributed by atoms with E-state index in [0.29, 0.717) is 0 Å². The number of hydrogen-bond acceptors (Lipinski definition) is 4. The molecular formula is C18H15NO3S. The molecule has 0 N–H and O–H groups in total. The van der Waals surface area contributed by atoms with Gasteiger partial charge < -0.3 is 4.74 Å². The Morgan fingerprint density at radius 2 is 1.74 bits per heavy atom. The van der Waals surface area contributed by atoms with Crippen molar-refractivity contribution in [3.8, 4) is 11.8 Å². The van der Waals surface area contributed by atoms with E-state index in [1.807, 2.05) is 12.1 Å². The Hall–Kier alpha value is -2.84. The van der Waals surface area contributed by atoms with Gasteiger partial charge in [-0.3, -0.25) is 0 Å². The minimum Gasteiger partial charge on any atom is -0.497 e. The largest absolute Gasteiger partial charge is 0.497 e. The molecule has 2 aromatic rings. The van der Waals surface area contributed by atoms with Gasteiger partial charge in [-0.15, -0.1) is 0 Å². The number of allylic oxidation sites excluding steroid dienone is 3. The van der Waals surface area contributed by atoms with Crippen LogP contribution in [0.3, 0.4) is 0 Å². The molecule has 0 bridgehead atoms. The molecule has 0 fully saturated rings. The fraction of sp³-hybridized carbons (Fsp3) is 0.0556. The Labute approximate surface area is 135 Å². The number of hydrogen-bond donors (Lipinski definition) is 0. The minimum atomic E-state index is -3.79. The van der Waals surface area contributed by atoms with Crippen LogP contribution in [0.15, 0.2) is 76.5 Å². The van der Waals surface area contributed by atoms with Crippen LogP contribution in [-0.2, 0) is 9.84 Å². The smallest absolute Gasteiger partial charge is 0.216 e. The molecule has 0 amide bonds. The van der Waals surface area contributed by atoms with Gasteiger partial charge >= 0.3 is 0 Å². The molecule has 0 aliphatic rings. The summed E-state index contributed by atoms with van der Waals surface area (Å²) in [6.07, 6.45) is 4.56. The molecule has 116 valence electrons. The highest BCUT2D eigenvalue weighted by atomic mass is 32.2. The summed E-state index contributed by atoms with van der Waals surface area (Å²) >= 11 is 0. The summed E-state index contributed by atoms with van der Waals surface area (Å²) in [5.74, 6) is 0.738. The number of benzene rings is 2. The number of rotatable bonds is 5. The summed E-state index contributed by atoms with van der Waals surface area (Å²) in [5, 5.41) is 9.14. The molecule has 0 aliphatic carbocycles. The summed E-state index contributed by atoms with van der Waals surface area (Å²) in [4.78, 5) is -0.195. The lowest BCUT2D eigenvalue weighted by molar-refractivity contribution is 0.415. The first-order valence-electron chi connectivity index (χ1n) is 6.80. The Bertz CT molecular complexity index is 859. The highest BCUT2D eigenvalue weighted by Crippen LogP contribution is 2.19. The second kappa shape index (κ2) is 7.43. The first-order chi connectivity index (χ1) is 11.1. The summed E-state index contributed by atoms with van der Waals surface area (Å²) < 4.78 is 29.8. The maximum atomic E-state index is 12.3. The van der Waals surface area contributed by atoms with Crippen molar-refractivity contribution < 1.29 is 13.2 Å². The zero-order valence-corrected chi connectivity index (χ0v) is 13.3. The van der Waals surface area contributed by atoms with Crippen molar-refractivity contribution in [2.24, 2.45) is 0 Å². The van der Waals surface area contributed by atoms with Crippen LogP contribution in [0.1, 0.15) is 5.56 Å². The van der Waals surface area contributed by atoms with E-state index >= 15 is 0 Å². The Morgan fingerprint density at radius 1 is 1.09 bits per heavy atom. The van der Waals surface area contributed by atoms with Gasteiger partial charge in [-0.25, -0.2) is 8.42 Å². The van der Waals surface area contributed by atoms with Crippen LogP contribution in [0.4, 0.5) is 0 Å². The highest BCUT2D eigenvalue weighted by molar-refractivity contribution is 7.95. The van der Waals surface area contributed by atoms with Gasteiger partial charge in [-0.1, -0.05) is 42.5 Å². The number of methoxy groups -OCH3 is 1. The van der Waals surface area contributed by atoms with Crippen molar-refractivity contribution in [2.75, 3.05) is 7.11 Å². The van der Waals surface area contributed by atoms with Crippen molar-refractivity contribution in [3.05, 3.63) is 77.2 Å². The maximum Gasteiger partial charge on any atom is 0.216 e. The predicted octanol–water partition coefficient (Wildman–Crippen LogP) is 3.59. The summed E-state index contributed by atoms with van der Waals surface area (Å²) in [7, 11) is -2.20. The van der Waals surface area contributed by atoms with Gasteiger partial charge in [0.1, 0.15) is 16.7 Å². The third-order valence-electron chi connectivity index (χ3n) is 3.11. The molecule has 5 heteroatoms. The number of sulfone groups is 1. The first kappa shape index (κ1) is 16.5. The summed E-state index contributed by atoms with van der Waals surface area (Å²) in [5.41, 5.74) is 0.872. The minimum absolute atomic E-state index is 0.102. The van der Waals surface area contributed by atoms with E-state index in [1.165, 1.54) is 18.2 Å². The summed E-state index contributed by atoms with van der Waals surface area (Å²) in [6, 6.07) is 16.9. The van der Waals surface area contributed by atoms with Crippen molar-refractivity contribution in [1.82, 2.24) is 0 Å². The fourth-order valence-corrected chi connectivity index (χ4v) is 3.02. The molecule has 4 nitrogen and oxygen atoms in total. The molecule has 0 unspecified atom stereocenters. The van der Waals surface area contributed by atoms with Crippen LogP contribution in [0.2, 0.25) is 0 Å². The van der Waals surface area contributed by atoms with Crippen LogP contribution >= 0.6 is 0 Å². The molecule has 0 atom stereocenters. The fourth-order valence-electron chi connectivity index (χ4n) is 1.88. The topological polar surface area (TPSA) is 67.2 Å². The average molecular weight is 325 g/mol. The van der Waals surface area contributed by atoms with Crippen LogP contribution in [0, 0.1) is 11.3 Å². The third-order valence-corrected chi connectivity index (χ3v) is 4.80. The van der Waals surface area contributed by atoms with E-state index in [4.69, 9.17) is 10.00 Å². The monoisotopic (exact) mass is 325 g/mol. The number of nitrogens with zero attached hydrogens (tertiary/aromatic N) is 1. The molecule has 0 spiro atoms. The molecule has 0 aliphatic heterocycles. The molecular weight excluding hydrogens is 310 g/mol. The van der Waals surface area contributed by atoms with Crippen LogP contribution < -0.4 is 4.74 Å². The van der Waals surface area contributed by atoms with Gasteiger partial charge in [0.2, 0.25) is 9.84 Å². The number of nitriles is 1. The molecule has 0 heterocycles. The molecule has 0 aromatic heterocycles. The standard InChI is InChI=1S/C18H15NO3S/c1-22-16-12-10-15(11-13-16)6-5-9-18(14-19)23(20,21)17-7-3-2-4-8-17/h2-13H,1H3/b6-5+,18-9-. The van der Waals surface area contributed by atoms with Gasteiger partial charge in [-0.2, -0.15) is 5.26 Å². The average Bonchev–Trinajstić information content (AvgIpc) is 2.60. The van der Waals surface area contributed by atoms with Gasteiger partial charge in [0.25, 0.3) is 0 Å². The van der Waals surface area contributed by atoms with E-state index in [1.54, 1.807) is 55.7 Å². The Kier molecular flexibility index (Phi) is 5.34. The molecule has 0 saturated carbocycles. The van der Waals surface area contributed by atoms with Gasteiger partial charge in [0, 0.05) is 0 Å². The van der Waals surface area contributed by atoms with E-state index < -0.39 is 9.84 Å². The van der Waals surface area contributed by atoms with Crippen molar-refractivity contribution in [3.63, 3.8) is 0 Å². The zero-order chi connectivity index (χ0) is 16.7. The van der Waals surface area contributed by atoms with Crippen LogP contribution in [0.5, 0.6) is 5.75 Å². The second-order valence-corrected chi connectivity index (χ2v) is 6.51. The Balaban J connectivity index is 2.25. The molecule has 0 saturated heterocycles. The van der Waals surface area contributed by atoms with E-state index in [0.717, 1.165) is 11.3 Å². The first-order valence-corrected chi connectivity index (χ1v) is 8.29. The lowest BCUT2D eigenvalue weighted by Gasteiger charge is -2.01. The molecule has 2 rings (SSSR count). The lowest BCUT2D eigenvalue weighted by atomic mass is 10.2. The normalized spacial score (nSPS) is 12.1. The zero-order valence-electron chi connectivity index (χ0n) is 12.5. The van der Waals surface area contributed by atoms with E-state index in [2.05, 4.69) is 0 Å². The second-order valence-electron chi connectivity index (χ2n) is 4.59. The third kappa shape index (κ3) is 4.09. The predicted molar refractivity (Wildman–Crippen MR) is 89.4 cm³/mol.